The molecule has 0 fully saturated rings. The van der Waals surface area contributed by atoms with Crippen molar-refractivity contribution in [1.29, 1.82) is 0 Å². The molecule has 0 amide bonds. The first kappa shape index (κ1) is 9.32. The fourth-order valence-corrected chi connectivity index (χ4v) is 1.52. The molecule has 0 aromatic heterocycles. The lowest BCUT2D eigenvalue weighted by Gasteiger charge is -1.95. The van der Waals surface area contributed by atoms with Crippen LogP contribution in [0.2, 0.25) is 0 Å². The van der Waals surface area contributed by atoms with E-state index in [0.717, 1.165) is 13.7 Å². The topological polar surface area (TPSA) is 12.4 Å². The van der Waals surface area contributed by atoms with Gasteiger partial charge >= 0.3 is 0 Å². The Hall–Kier alpha value is 0.230. The number of halogens is 2. The van der Waals surface area contributed by atoms with E-state index in [2.05, 4.69) is 60.9 Å². The molecule has 56 valence electrons. The van der Waals surface area contributed by atoms with Crippen molar-refractivity contribution in [2.45, 2.75) is 0 Å². The smallest absolute Gasteiger partial charge is 0.0884 e. The van der Waals surface area contributed by atoms with Crippen LogP contribution in [-0.4, -0.2) is 5.16 Å². The average Bonchev–Trinajstić information content (AvgIpc) is 1.98. The van der Waals surface area contributed by atoms with Gasteiger partial charge < -0.3 is 0 Å². The van der Waals surface area contributed by atoms with Crippen molar-refractivity contribution < 1.29 is 0 Å². The van der Waals surface area contributed by atoms with Crippen LogP contribution in [-0.2, 0) is 0 Å². The van der Waals surface area contributed by atoms with Crippen molar-refractivity contribution in [3.63, 3.8) is 0 Å². The van der Waals surface area contributed by atoms with E-state index in [1.807, 2.05) is 18.2 Å². The van der Waals surface area contributed by atoms with Gasteiger partial charge in [-0.2, -0.15) is 4.99 Å². The van der Waals surface area contributed by atoms with Gasteiger partial charge in [0.15, 0.2) is 0 Å². The van der Waals surface area contributed by atoms with Crippen molar-refractivity contribution in [3.8, 4) is 0 Å². The molecule has 1 rings (SSSR count). The molecule has 0 radical (unpaired) electrons. The summed E-state index contributed by atoms with van der Waals surface area (Å²) in [6, 6.07) is 5.83. The summed E-state index contributed by atoms with van der Waals surface area (Å²) in [5.41, 5.74) is 0.856. The number of hydrogen-bond donors (Lipinski definition) is 0. The standard InChI is InChI=1S/C7H3BrINS/c8-5-1-2-6(9)7(3-5)10-4-11/h1-3H. The molecular formula is C7H3BrINS. The Morgan fingerprint density at radius 1 is 1.55 bits per heavy atom. The average molecular weight is 340 g/mol. The van der Waals surface area contributed by atoms with E-state index in [4.69, 9.17) is 0 Å². The Morgan fingerprint density at radius 2 is 2.27 bits per heavy atom. The highest BCUT2D eigenvalue weighted by Gasteiger charge is 1.96. The van der Waals surface area contributed by atoms with Crippen LogP contribution in [0, 0.1) is 3.57 Å². The highest BCUT2D eigenvalue weighted by atomic mass is 127. The molecule has 0 aliphatic carbocycles. The van der Waals surface area contributed by atoms with Crippen LogP contribution in [0.5, 0.6) is 0 Å². The summed E-state index contributed by atoms with van der Waals surface area (Å²) in [6.07, 6.45) is 0. The number of nitrogens with zero attached hydrogens (tertiary/aromatic N) is 1. The van der Waals surface area contributed by atoms with Gasteiger partial charge in [0.2, 0.25) is 0 Å². The summed E-state index contributed by atoms with van der Waals surface area (Å²) >= 11 is 10.0. The summed E-state index contributed by atoms with van der Waals surface area (Å²) in [6.45, 7) is 0. The molecular weight excluding hydrogens is 337 g/mol. The van der Waals surface area contributed by atoms with E-state index in [-0.39, 0.29) is 0 Å². The van der Waals surface area contributed by atoms with Crippen LogP contribution in [0.4, 0.5) is 5.69 Å². The number of rotatable bonds is 1. The number of thiocarbonyl (C=S) groups is 1. The largest absolute Gasteiger partial charge is 0.194 e. The second kappa shape index (κ2) is 4.30. The summed E-state index contributed by atoms with van der Waals surface area (Å²) in [4.78, 5) is 3.89. The molecule has 0 atom stereocenters. The molecule has 0 heterocycles. The van der Waals surface area contributed by atoms with Gasteiger partial charge in [0.05, 0.1) is 10.8 Å². The van der Waals surface area contributed by atoms with Gasteiger partial charge in [-0.1, -0.05) is 15.9 Å². The lowest BCUT2D eigenvalue weighted by Crippen LogP contribution is -1.72. The van der Waals surface area contributed by atoms with E-state index in [1.54, 1.807) is 0 Å². The van der Waals surface area contributed by atoms with Crippen LogP contribution in [0.1, 0.15) is 0 Å². The van der Waals surface area contributed by atoms with Gasteiger partial charge in [-0.25, -0.2) is 0 Å². The molecule has 1 nitrogen and oxygen atoms in total. The second-order valence-electron chi connectivity index (χ2n) is 1.80. The summed E-state index contributed by atoms with van der Waals surface area (Å²) in [7, 11) is 0. The monoisotopic (exact) mass is 339 g/mol. The number of hydrogen-bond acceptors (Lipinski definition) is 2. The minimum atomic E-state index is 0.856. The Kier molecular flexibility index (Phi) is 3.65. The molecule has 1 aromatic carbocycles. The van der Waals surface area contributed by atoms with Gasteiger partial charge in [0.1, 0.15) is 0 Å². The molecule has 0 aliphatic rings. The normalized spacial score (nSPS) is 8.91. The first-order chi connectivity index (χ1) is 5.24. The maximum Gasteiger partial charge on any atom is 0.0884 e. The van der Waals surface area contributed by atoms with Gasteiger partial charge in [-0.15, -0.1) is 0 Å². The third-order valence-corrected chi connectivity index (χ3v) is 2.57. The first-order valence-corrected chi connectivity index (χ1v) is 5.05. The minimum absolute atomic E-state index is 0.856. The second-order valence-corrected chi connectivity index (χ2v) is 4.06. The Balaban J connectivity index is 3.22. The van der Waals surface area contributed by atoms with E-state index in [0.29, 0.717) is 0 Å². The molecule has 0 aliphatic heterocycles. The Labute approximate surface area is 92.2 Å². The zero-order valence-electron chi connectivity index (χ0n) is 5.34. The first-order valence-electron chi connectivity index (χ1n) is 2.77. The molecule has 0 spiro atoms. The maximum absolute atomic E-state index is 4.50. The third kappa shape index (κ3) is 2.63. The predicted molar refractivity (Wildman–Crippen MR) is 61.5 cm³/mol. The maximum atomic E-state index is 4.50. The summed E-state index contributed by atoms with van der Waals surface area (Å²) in [5.74, 6) is 0. The van der Waals surface area contributed by atoms with Crippen molar-refractivity contribution in [3.05, 3.63) is 26.2 Å². The fourth-order valence-electron chi connectivity index (χ4n) is 0.621. The van der Waals surface area contributed by atoms with E-state index >= 15 is 0 Å². The summed E-state index contributed by atoms with van der Waals surface area (Å²) < 4.78 is 2.07. The van der Waals surface area contributed by atoms with Gasteiger partial charge in [0.25, 0.3) is 0 Å². The third-order valence-electron chi connectivity index (χ3n) is 1.07. The quantitative estimate of drug-likeness (QED) is 0.431. The van der Waals surface area contributed by atoms with Crippen LogP contribution in [0.25, 0.3) is 0 Å². The zero-order valence-corrected chi connectivity index (χ0v) is 9.90. The van der Waals surface area contributed by atoms with Crippen LogP contribution in [0.15, 0.2) is 27.7 Å². The number of aliphatic imine (C=N–C) groups is 1. The Morgan fingerprint density at radius 3 is 2.91 bits per heavy atom. The van der Waals surface area contributed by atoms with Crippen LogP contribution in [0.3, 0.4) is 0 Å². The van der Waals surface area contributed by atoms with E-state index < -0.39 is 0 Å². The highest BCUT2D eigenvalue weighted by Crippen LogP contribution is 2.24. The van der Waals surface area contributed by atoms with Gasteiger partial charge in [-0.05, 0) is 53.0 Å². The SMILES string of the molecule is S=C=Nc1cc(Br)ccc1I. The molecule has 0 saturated carbocycles. The van der Waals surface area contributed by atoms with E-state index in [9.17, 15) is 0 Å². The van der Waals surface area contributed by atoms with Crippen molar-refractivity contribution >= 4 is 61.6 Å². The van der Waals surface area contributed by atoms with Crippen molar-refractivity contribution in [2.24, 2.45) is 4.99 Å². The van der Waals surface area contributed by atoms with Gasteiger partial charge in [0, 0.05) is 8.04 Å². The molecule has 0 unspecified atom stereocenters. The lowest BCUT2D eigenvalue weighted by molar-refractivity contribution is 1.49. The van der Waals surface area contributed by atoms with Crippen molar-refractivity contribution in [2.75, 3.05) is 0 Å². The van der Waals surface area contributed by atoms with Crippen molar-refractivity contribution in [1.82, 2.24) is 0 Å². The molecule has 0 saturated heterocycles. The number of isothiocyanates is 1. The van der Waals surface area contributed by atoms with Gasteiger partial charge in [-0.3, -0.25) is 0 Å². The van der Waals surface area contributed by atoms with Crippen LogP contribution < -0.4 is 0 Å². The predicted octanol–water partition coefficient (Wildman–Crippen LogP) is 3.79. The molecule has 1 aromatic rings. The molecule has 0 bridgehead atoms. The Bertz CT molecular complexity index is 320. The van der Waals surface area contributed by atoms with E-state index in [1.165, 1.54) is 0 Å². The zero-order chi connectivity index (χ0) is 8.27. The molecule has 11 heavy (non-hydrogen) atoms. The van der Waals surface area contributed by atoms with Crippen LogP contribution >= 0.6 is 50.7 Å². The molecule has 4 heteroatoms. The molecule has 0 N–H and O–H groups in total. The number of benzene rings is 1. The minimum Gasteiger partial charge on any atom is -0.194 e. The lowest BCUT2D eigenvalue weighted by atomic mass is 10.3. The fraction of sp³-hybridized carbons (Fsp3) is 0. The highest BCUT2D eigenvalue weighted by molar-refractivity contribution is 14.1. The summed E-state index contributed by atoms with van der Waals surface area (Å²) in [5, 5.41) is 2.33.